The Bertz CT molecular complexity index is 545. The summed E-state index contributed by atoms with van der Waals surface area (Å²) in [6.07, 6.45) is 1.46. The zero-order valence-corrected chi connectivity index (χ0v) is 11.3. The van der Waals surface area contributed by atoms with Crippen molar-refractivity contribution in [3.63, 3.8) is 0 Å². The molecule has 1 aromatic carbocycles. The fraction of sp³-hybridized carbons (Fsp3) is 0.467. The summed E-state index contributed by atoms with van der Waals surface area (Å²) >= 11 is 0. The van der Waals surface area contributed by atoms with E-state index in [0.29, 0.717) is 13.1 Å². The summed E-state index contributed by atoms with van der Waals surface area (Å²) in [5.41, 5.74) is 1.74. The molecule has 2 aliphatic rings. The minimum absolute atomic E-state index is 0.0990. The number of carbonyl (C=O) groups is 2. The number of amides is 2. The number of para-hydroxylation sites is 1. The van der Waals surface area contributed by atoms with Crippen molar-refractivity contribution in [2.75, 3.05) is 25.0 Å². The van der Waals surface area contributed by atoms with Gasteiger partial charge in [0.25, 0.3) is 0 Å². The molecule has 1 aromatic rings. The summed E-state index contributed by atoms with van der Waals surface area (Å²) in [6, 6.07) is 8.01. The van der Waals surface area contributed by atoms with Crippen molar-refractivity contribution < 1.29 is 9.59 Å². The van der Waals surface area contributed by atoms with E-state index in [1.54, 1.807) is 11.8 Å². The maximum Gasteiger partial charge on any atom is 0.237 e. The van der Waals surface area contributed by atoms with E-state index in [4.69, 9.17) is 0 Å². The van der Waals surface area contributed by atoms with E-state index in [9.17, 15) is 9.59 Å². The zero-order chi connectivity index (χ0) is 13.6. The van der Waals surface area contributed by atoms with Gasteiger partial charge in [0.2, 0.25) is 11.8 Å². The van der Waals surface area contributed by atoms with E-state index in [1.807, 2.05) is 30.1 Å². The number of nitrogens with zero attached hydrogens (tertiary/aromatic N) is 2. The number of fused-ring (bicyclic) bond motifs is 2. The summed E-state index contributed by atoms with van der Waals surface area (Å²) in [5, 5.41) is 0. The second-order valence-electron chi connectivity index (χ2n) is 5.47. The van der Waals surface area contributed by atoms with Crippen LogP contribution in [-0.4, -0.2) is 36.9 Å². The number of rotatable bonds is 0. The van der Waals surface area contributed by atoms with Gasteiger partial charge in [-0.1, -0.05) is 18.2 Å². The van der Waals surface area contributed by atoms with Gasteiger partial charge >= 0.3 is 0 Å². The first-order chi connectivity index (χ1) is 9.06. The van der Waals surface area contributed by atoms with Gasteiger partial charge in [-0.15, -0.1) is 0 Å². The van der Waals surface area contributed by atoms with Crippen LogP contribution in [0.3, 0.4) is 0 Å². The molecule has 0 radical (unpaired) electrons. The molecule has 0 N–H and O–H groups in total. The molecule has 1 fully saturated rings. The molecule has 0 unspecified atom stereocenters. The number of anilines is 1. The second-order valence-corrected chi connectivity index (χ2v) is 5.47. The SMILES string of the molecule is CC(=O)N1CCC2(CC1)C(=O)N(C)c1ccccc12. The molecule has 0 aliphatic carbocycles. The normalized spacial score (nSPS) is 20.8. The van der Waals surface area contributed by atoms with Crippen LogP contribution < -0.4 is 4.90 Å². The predicted octanol–water partition coefficient (Wildman–Crippen LogP) is 1.54. The maximum absolute atomic E-state index is 12.6. The predicted molar refractivity (Wildman–Crippen MR) is 73.0 cm³/mol. The Kier molecular flexibility index (Phi) is 2.62. The first kappa shape index (κ1) is 12.2. The largest absolute Gasteiger partial charge is 0.343 e. The van der Waals surface area contributed by atoms with E-state index in [1.165, 1.54) is 0 Å². The second kappa shape index (κ2) is 4.08. The molecule has 0 atom stereocenters. The highest BCUT2D eigenvalue weighted by Gasteiger charge is 2.50. The highest BCUT2D eigenvalue weighted by atomic mass is 16.2. The number of likely N-dealkylation sites (N-methyl/N-ethyl adjacent to an activating group) is 1. The van der Waals surface area contributed by atoms with Crippen molar-refractivity contribution in [1.82, 2.24) is 4.90 Å². The monoisotopic (exact) mass is 258 g/mol. The molecule has 1 spiro atoms. The Hall–Kier alpha value is -1.84. The van der Waals surface area contributed by atoms with Crippen molar-refractivity contribution in [2.45, 2.75) is 25.2 Å². The molecule has 100 valence electrons. The third kappa shape index (κ3) is 1.59. The smallest absolute Gasteiger partial charge is 0.237 e. The van der Waals surface area contributed by atoms with E-state index in [0.717, 1.165) is 24.1 Å². The lowest BCUT2D eigenvalue weighted by Crippen LogP contribution is -2.49. The Morgan fingerprint density at radius 3 is 2.47 bits per heavy atom. The molecule has 0 bridgehead atoms. The summed E-state index contributed by atoms with van der Waals surface area (Å²) in [4.78, 5) is 27.7. The number of hydrogen-bond acceptors (Lipinski definition) is 2. The van der Waals surface area contributed by atoms with Crippen LogP contribution in [0.2, 0.25) is 0 Å². The molecular formula is C15H18N2O2. The lowest BCUT2D eigenvalue weighted by molar-refractivity contribution is -0.133. The molecular weight excluding hydrogens is 240 g/mol. The van der Waals surface area contributed by atoms with Crippen LogP contribution in [0, 0.1) is 0 Å². The van der Waals surface area contributed by atoms with Crippen LogP contribution in [0.4, 0.5) is 5.69 Å². The quantitative estimate of drug-likeness (QED) is 0.708. The molecule has 3 rings (SSSR count). The van der Waals surface area contributed by atoms with Gasteiger partial charge in [0.1, 0.15) is 0 Å². The fourth-order valence-corrected chi connectivity index (χ4v) is 3.40. The van der Waals surface area contributed by atoms with Gasteiger partial charge in [0, 0.05) is 32.7 Å². The van der Waals surface area contributed by atoms with Gasteiger partial charge in [-0.3, -0.25) is 9.59 Å². The molecule has 2 aliphatic heterocycles. The average Bonchev–Trinajstić information content (AvgIpc) is 2.63. The first-order valence-electron chi connectivity index (χ1n) is 6.69. The van der Waals surface area contributed by atoms with Crippen molar-refractivity contribution >= 4 is 17.5 Å². The van der Waals surface area contributed by atoms with Crippen LogP contribution in [0.5, 0.6) is 0 Å². The highest BCUT2D eigenvalue weighted by Crippen LogP contribution is 2.47. The van der Waals surface area contributed by atoms with Crippen LogP contribution in [0.1, 0.15) is 25.3 Å². The van der Waals surface area contributed by atoms with Gasteiger partial charge in [-0.05, 0) is 24.5 Å². The molecule has 4 nitrogen and oxygen atoms in total. The van der Waals surface area contributed by atoms with E-state index in [-0.39, 0.29) is 11.8 Å². The molecule has 0 saturated carbocycles. The molecule has 0 aromatic heterocycles. The van der Waals surface area contributed by atoms with E-state index in [2.05, 4.69) is 6.07 Å². The maximum atomic E-state index is 12.6. The Morgan fingerprint density at radius 2 is 1.84 bits per heavy atom. The minimum Gasteiger partial charge on any atom is -0.343 e. The summed E-state index contributed by atoms with van der Waals surface area (Å²) in [5.74, 6) is 0.277. The molecule has 4 heteroatoms. The zero-order valence-electron chi connectivity index (χ0n) is 11.3. The topological polar surface area (TPSA) is 40.6 Å². The first-order valence-corrected chi connectivity index (χ1v) is 6.69. The highest BCUT2D eigenvalue weighted by molar-refractivity contribution is 6.07. The van der Waals surface area contributed by atoms with Crippen molar-refractivity contribution in [3.8, 4) is 0 Å². The van der Waals surface area contributed by atoms with E-state index < -0.39 is 5.41 Å². The minimum atomic E-state index is -0.405. The number of piperidine rings is 1. The van der Waals surface area contributed by atoms with Gasteiger partial charge < -0.3 is 9.80 Å². The third-order valence-electron chi connectivity index (χ3n) is 4.56. The Balaban J connectivity index is 1.98. The molecule has 2 heterocycles. The standard InChI is InChI=1S/C15H18N2O2/c1-11(18)17-9-7-15(8-10-17)12-5-3-4-6-13(12)16(2)14(15)19/h3-6H,7-10H2,1-2H3. The van der Waals surface area contributed by atoms with Gasteiger partial charge in [0.15, 0.2) is 0 Å². The number of benzene rings is 1. The number of likely N-dealkylation sites (tertiary alicyclic amines) is 1. The van der Waals surface area contributed by atoms with Crippen LogP contribution >= 0.6 is 0 Å². The Morgan fingerprint density at radius 1 is 1.21 bits per heavy atom. The summed E-state index contributed by atoms with van der Waals surface area (Å²) in [6.45, 7) is 2.93. The van der Waals surface area contributed by atoms with E-state index >= 15 is 0 Å². The number of carbonyl (C=O) groups excluding carboxylic acids is 2. The average molecular weight is 258 g/mol. The van der Waals surface area contributed by atoms with Crippen LogP contribution in [-0.2, 0) is 15.0 Å². The van der Waals surface area contributed by atoms with Crippen molar-refractivity contribution in [2.24, 2.45) is 0 Å². The Labute approximate surface area is 113 Å². The third-order valence-corrected chi connectivity index (χ3v) is 4.56. The summed E-state index contributed by atoms with van der Waals surface area (Å²) < 4.78 is 0. The van der Waals surface area contributed by atoms with Gasteiger partial charge in [0.05, 0.1) is 5.41 Å². The van der Waals surface area contributed by atoms with Gasteiger partial charge in [-0.2, -0.15) is 0 Å². The fourth-order valence-electron chi connectivity index (χ4n) is 3.40. The van der Waals surface area contributed by atoms with Gasteiger partial charge in [-0.25, -0.2) is 0 Å². The molecule has 1 saturated heterocycles. The lowest BCUT2D eigenvalue weighted by Gasteiger charge is -2.38. The van der Waals surface area contributed by atoms with Crippen LogP contribution in [0.15, 0.2) is 24.3 Å². The van der Waals surface area contributed by atoms with Crippen molar-refractivity contribution in [1.29, 1.82) is 0 Å². The number of hydrogen-bond donors (Lipinski definition) is 0. The lowest BCUT2D eigenvalue weighted by atomic mass is 9.73. The summed E-state index contributed by atoms with van der Waals surface area (Å²) in [7, 11) is 1.84. The van der Waals surface area contributed by atoms with Crippen molar-refractivity contribution in [3.05, 3.63) is 29.8 Å². The molecule has 2 amide bonds. The molecule has 19 heavy (non-hydrogen) atoms. The van der Waals surface area contributed by atoms with Crippen LogP contribution in [0.25, 0.3) is 0 Å².